The van der Waals surface area contributed by atoms with E-state index in [9.17, 15) is 0 Å². The third kappa shape index (κ3) is 3.67. The van der Waals surface area contributed by atoms with Crippen molar-refractivity contribution in [3.05, 3.63) is 66.2 Å². The van der Waals surface area contributed by atoms with Crippen molar-refractivity contribution in [3.8, 4) is 17.4 Å². The third-order valence-electron chi connectivity index (χ3n) is 4.55. The lowest BCUT2D eigenvalue weighted by atomic mass is 10.2. The summed E-state index contributed by atoms with van der Waals surface area (Å²) in [5, 5.41) is 0. The molecule has 4 aromatic rings. The molecule has 0 spiro atoms. The number of benzene rings is 2. The summed E-state index contributed by atoms with van der Waals surface area (Å²) < 4.78 is 7.79. The van der Waals surface area contributed by atoms with Crippen molar-refractivity contribution < 1.29 is 4.74 Å². The zero-order chi connectivity index (χ0) is 19.3. The zero-order valence-corrected chi connectivity index (χ0v) is 15.9. The Kier molecular flexibility index (Phi) is 5.19. The Morgan fingerprint density at radius 1 is 0.929 bits per heavy atom. The van der Waals surface area contributed by atoms with Crippen LogP contribution in [0.1, 0.15) is 25.3 Å². The molecule has 6 heteroatoms. The molecule has 0 saturated carbocycles. The molecule has 0 aliphatic carbocycles. The molecule has 0 saturated heterocycles. The van der Waals surface area contributed by atoms with E-state index in [1.165, 1.54) is 0 Å². The summed E-state index contributed by atoms with van der Waals surface area (Å²) in [4.78, 5) is 13.7. The fraction of sp³-hybridized carbons (Fsp3) is 0.227. The average molecular weight is 373 g/mol. The number of imidazole rings is 1. The van der Waals surface area contributed by atoms with Gasteiger partial charge in [0.05, 0.1) is 13.2 Å². The van der Waals surface area contributed by atoms with E-state index in [0.717, 1.165) is 29.8 Å². The highest BCUT2D eigenvalue weighted by Crippen LogP contribution is 2.28. The van der Waals surface area contributed by atoms with Crippen LogP contribution in [0.25, 0.3) is 22.6 Å². The topological polar surface area (TPSA) is 78.9 Å². The molecule has 2 aromatic carbocycles. The minimum absolute atomic E-state index is 0.298. The lowest BCUT2D eigenvalue weighted by molar-refractivity contribution is 0.286. The number of unbranched alkanes of at least 4 members (excludes halogenated alkanes) is 1. The van der Waals surface area contributed by atoms with Crippen molar-refractivity contribution in [2.45, 2.75) is 26.3 Å². The molecule has 4 rings (SSSR count). The van der Waals surface area contributed by atoms with Crippen molar-refractivity contribution in [1.82, 2.24) is 19.5 Å². The van der Waals surface area contributed by atoms with Gasteiger partial charge in [0.1, 0.15) is 5.82 Å². The second kappa shape index (κ2) is 8.08. The number of ether oxygens (including phenoxy) is 1. The van der Waals surface area contributed by atoms with Crippen molar-refractivity contribution >= 4 is 17.0 Å². The highest BCUT2D eigenvalue weighted by Gasteiger charge is 2.18. The van der Waals surface area contributed by atoms with Crippen LogP contribution < -0.4 is 10.5 Å². The first-order valence-electron chi connectivity index (χ1n) is 9.52. The molecule has 0 unspecified atom stereocenters. The van der Waals surface area contributed by atoms with E-state index in [4.69, 9.17) is 15.5 Å². The number of hydrogen-bond acceptors (Lipinski definition) is 5. The van der Waals surface area contributed by atoms with Gasteiger partial charge in [-0.2, -0.15) is 9.97 Å². The van der Waals surface area contributed by atoms with Gasteiger partial charge in [-0.3, -0.25) is 0 Å². The van der Waals surface area contributed by atoms with Crippen molar-refractivity contribution in [2.24, 2.45) is 0 Å². The molecule has 0 bridgehead atoms. The zero-order valence-electron chi connectivity index (χ0n) is 15.9. The second-order valence-electron chi connectivity index (χ2n) is 6.64. The molecular formula is C22H23N5O. The molecule has 0 radical (unpaired) electrons. The normalized spacial score (nSPS) is 11.0. The number of anilines is 1. The van der Waals surface area contributed by atoms with Crippen molar-refractivity contribution in [1.29, 1.82) is 0 Å². The summed E-state index contributed by atoms with van der Waals surface area (Å²) in [5.41, 5.74) is 9.65. The van der Waals surface area contributed by atoms with Gasteiger partial charge in [0, 0.05) is 5.56 Å². The summed E-state index contributed by atoms with van der Waals surface area (Å²) in [6.45, 7) is 3.31. The molecule has 0 aliphatic rings. The van der Waals surface area contributed by atoms with Crippen LogP contribution in [0.3, 0.4) is 0 Å². The Hall–Kier alpha value is -3.41. The number of hydrogen-bond donors (Lipinski definition) is 1. The van der Waals surface area contributed by atoms with Crippen LogP contribution >= 0.6 is 0 Å². The lowest BCUT2D eigenvalue weighted by Crippen LogP contribution is -2.06. The maximum atomic E-state index is 6.21. The summed E-state index contributed by atoms with van der Waals surface area (Å²) >= 11 is 0. The van der Waals surface area contributed by atoms with Crippen LogP contribution in [0.2, 0.25) is 0 Å². The minimum Gasteiger partial charge on any atom is -0.463 e. The van der Waals surface area contributed by atoms with Crippen LogP contribution in [0.15, 0.2) is 60.7 Å². The standard InChI is InChI=1S/C22H23N5O/c1-2-3-14-28-22-25-19(23)18-21(26-22)27(15-16-10-6-4-7-11-16)20(24-18)17-12-8-5-9-13-17/h4-13H,2-3,14-15H2,1H3,(H2,23,25,26). The predicted octanol–water partition coefficient (Wildman–Crippen LogP) is 4.30. The Bertz CT molecular complexity index is 1060. The number of aromatic nitrogens is 4. The predicted molar refractivity (Wildman–Crippen MR) is 111 cm³/mol. The van der Waals surface area contributed by atoms with Crippen LogP contribution in [0.5, 0.6) is 6.01 Å². The molecule has 0 fully saturated rings. The van der Waals surface area contributed by atoms with Crippen LogP contribution in [-0.2, 0) is 6.54 Å². The highest BCUT2D eigenvalue weighted by molar-refractivity contribution is 5.86. The van der Waals surface area contributed by atoms with Gasteiger partial charge in [0.2, 0.25) is 0 Å². The fourth-order valence-electron chi connectivity index (χ4n) is 3.10. The van der Waals surface area contributed by atoms with Gasteiger partial charge in [-0.05, 0) is 12.0 Å². The Morgan fingerprint density at radius 3 is 2.36 bits per heavy atom. The highest BCUT2D eigenvalue weighted by atomic mass is 16.5. The Balaban J connectivity index is 1.85. The van der Waals surface area contributed by atoms with E-state index < -0.39 is 0 Å². The molecule has 2 aromatic heterocycles. The number of nitrogen functional groups attached to an aromatic ring is 1. The fourth-order valence-corrected chi connectivity index (χ4v) is 3.10. The first kappa shape index (κ1) is 18.0. The number of nitrogens with zero attached hydrogens (tertiary/aromatic N) is 4. The molecule has 2 N–H and O–H groups in total. The van der Waals surface area contributed by atoms with E-state index in [1.807, 2.05) is 48.5 Å². The molecule has 6 nitrogen and oxygen atoms in total. The van der Waals surface area contributed by atoms with Gasteiger partial charge in [-0.25, -0.2) is 4.98 Å². The number of nitrogens with two attached hydrogens (primary N) is 1. The first-order chi connectivity index (χ1) is 13.8. The lowest BCUT2D eigenvalue weighted by Gasteiger charge is -2.10. The molecule has 142 valence electrons. The maximum Gasteiger partial charge on any atom is 0.320 e. The maximum absolute atomic E-state index is 6.21. The summed E-state index contributed by atoms with van der Waals surface area (Å²) in [5.74, 6) is 1.15. The van der Waals surface area contributed by atoms with E-state index in [2.05, 4.69) is 33.6 Å². The van der Waals surface area contributed by atoms with Gasteiger partial charge < -0.3 is 15.0 Å². The van der Waals surface area contributed by atoms with Gasteiger partial charge in [-0.15, -0.1) is 0 Å². The van der Waals surface area contributed by atoms with Gasteiger partial charge in [0.25, 0.3) is 0 Å². The first-order valence-corrected chi connectivity index (χ1v) is 9.52. The van der Waals surface area contributed by atoms with Crippen LogP contribution in [-0.4, -0.2) is 26.1 Å². The van der Waals surface area contributed by atoms with E-state index in [1.54, 1.807) is 0 Å². The smallest absolute Gasteiger partial charge is 0.320 e. The second-order valence-corrected chi connectivity index (χ2v) is 6.64. The molecular weight excluding hydrogens is 350 g/mol. The van der Waals surface area contributed by atoms with Crippen molar-refractivity contribution in [3.63, 3.8) is 0 Å². The van der Waals surface area contributed by atoms with Crippen molar-refractivity contribution in [2.75, 3.05) is 12.3 Å². The molecule has 28 heavy (non-hydrogen) atoms. The Morgan fingerprint density at radius 2 is 1.64 bits per heavy atom. The van der Waals surface area contributed by atoms with E-state index in [0.29, 0.717) is 36.1 Å². The van der Waals surface area contributed by atoms with E-state index >= 15 is 0 Å². The van der Waals surface area contributed by atoms with Crippen LogP contribution in [0, 0.1) is 0 Å². The average Bonchev–Trinajstić information content (AvgIpc) is 3.09. The molecule has 0 aliphatic heterocycles. The number of rotatable bonds is 7. The molecule has 2 heterocycles. The Labute approximate surface area is 164 Å². The quantitative estimate of drug-likeness (QED) is 0.489. The monoisotopic (exact) mass is 373 g/mol. The molecule has 0 amide bonds. The van der Waals surface area contributed by atoms with Gasteiger partial charge in [0.15, 0.2) is 17.0 Å². The van der Waals surface area contributed by atoms with Crippen LogP contribution in [0.4, 0.5) is 5.82 Å². The minimum atomic E-state index is 0.298. The summed E-state index contributed by atoms with van der Waals surface area (Å²) in [7, 11) is 0. The third-order valence-corrected chi connectivity index (χ3v) is 4.55. The van der Waals surface area contributed by atoms with Gasteiger partial charge in [-0.1, -0.05) is 74.0 Å². The summed E-state index contributed by atoms with van der Waals surface area (Å²) in [6, 6.07) is 20.6. The molecule has 0 atom stereocenters. The SMILES string of the molecule is CCCCOc1nc(N)c2nc(-c3ccccc3)n(Cc3ccccc3)c2n1. The largest absolute Gasteiger partial charge is 0.463 e. The summed E-state index contributed by atoms with van der Waals surface area (Å²) in [6.07, 6.45) is 1.99. The number of fused-ring (bicyclic) bond motifs is 1. The van der Waals surface area contributed by atoms with E-state index in [-0.39, 0.29) is 0 Å². The van der Waals surface area contributed by atoms with Gasteiger partial charge >= 0.3 is 6.01 Å².